The first-order valence-electron chi connectivity index (χ1n) is 5.93. The number of hydrogen-bond acceptors (Lipinski definition) is 4. The van der Waals surface area contributed by atoms with Crippen LogP contribution in [-0.2, 0) is 0 Å². The Morgan fingerprint density at radius 1 is 1.29 bits per heavy atom. The molecule has 6 nitrogen and oxygen atoms in total. The van der Waals surface area contributed by atoms with Gasteiger partial charge in [0.25, 0.3) is 5.69 Å². The van der Waals surface area contributed by atoms with Gasteiger partial charge in [0.05, 0.1) is 10.5 Å². The maximum Gasteiger partial charge on any atom is 0.336 e. The summed E-state index contributed by atoms with van der Waals surface area (Å²) >= 11 is 3.16. The molecule has 2 aromatic rings. The molecule has 0 aromatic heterocycles. The van der Waals surface area contributed by atoms with Crippen molar-refractivity contribution in [2.75, 3.05) is 5.32 Å². The molecule has 0 radical (unpaired) electrons. The molecule has 2 aromatic carbocycles. The van der Waals surface area contributed by atoms with E-state index in [1.807, 2.05) is 6.92 Å². The van der Waals surface area contributed by atoms with Gasteiger partial charge in [0.2, 0.25) is 0 Å². The fourth-order valence-electron chi connectivity index (χ4n) is 1.78. The van der Waals surface area contributed by atoms with E-state index in [0.29, 0.717) is 15.8 Å². The fraction of sp³-hybridized carbons (Fsp3) is 0.0714. The average molecular weight is 351 g/mol. The summed E-state index contributed by atoms with van der Waals surface area (Å²) < 4.78 is 0.469. The second-order valence-corrected chi connectivity index (χ2v) is 5.24. The Bertz CT molecular complexity index is 731. The zero-order chi connectivity index (χ0) is 15.6. The van der Waals surface area contributed by atoms with Gasteiger partial charge in [-0.1, -0.05) is 6.07 Å². The van der Waals surface area contributed by atoms with Gasteiger partial charge in [-0.2, -0.15) is 0 Å². The van der Waals surface area contributed by atoms with E-state index < -0.39 is 10.9 Å². The third-order valence-electron chi connectivity index (χ3n) is 2.91. The second-order valence-electron chi connectivity index (χ2n) is 4.38. The summed E-state index contributed by atoms with van der Waals surface area (Å²) in [6.45, 7) is 1.81. The second kappa shape index (κ2) is 5.92. The molecule has 0 heterocycles. The van der Waals surface area contributed by atoms with Crippen molar-refractivity contribution < 1.29 is 14.8 Å². The van der Waals surface area contributed by atoms with Crippen LogP contribution in [0.15, 0.2) is 40.9 Å². The van der Waals surface area contributed by atoms with Crippen molar-refractivity contribution in [3.05, 3.63) is 62.1 Å². The molecule has 0 saturated heterocycles. The molecule has 21 heavy (non-hydrogen) atoms. The van der Waals surface area contributed by atoms with Crippen LogP contribution in [0.1, 0.15) is 15.9 Å². The van der Waals surface area contributed by atoms with Gasteiger partial charge < -0.3 is 10.4 Å². The molecule has 0 saturated carbocycles. The predicted octanol–water partition coefficient (Wildman–Crippen LogP) is 4.11. The Morgan fingerprint density at radius 2 is 2.00 bits per heavy atom. The molecule has 7 heteroatoms. The lowest BCUT2D eigenvalue weighted by molar-refractivity contribution is -0.384. The molecule has 0 fully saturated rings. The molecular weight excluding hydrogens is 340 g/mol. The van der Waals surface area contributed by atoms with Gasteiger partial charge >= 0.3 is 5.97 Å². The number of nitro benzene ring substituents is 1. The Kier molecular flexibility index (Phi) is 4.23. The van der Waals surface area contributed by atoms with Crippen molar-refractivity contribution in [1.82, 2.24) is 0 Å². The Morgan fingerprint density at radius 3 is 2.62 bits per heavy atom. The van der Waals surface area contributed by atoms with Gasteiger partial charge in [0.15, 0.2) is 0 Å². The SMILES string of the molecule is Cc1ccc([N+](=O)[O-])cc1Nc1ccc(Br)c(C(=O)O)c1. The van der Waals surface area contributed by atoms with E-state index in [4.69, 9.17) is 5.11 Å². The Labute approximate surface area is 128 Å². The normalized spacial score (nSPS) is 10.2. The first-order chi connectivity index (χ1) is 9.88. The molecule has 0 aliphatic heterocycles. The third kappa shape index (κ3) is 3.38. The molecule has 2 rings (SSSR count). The van der Waals surface area contributed by atoms with E-state index in [1.54, 1.807) is 18.2 Å². The molecule has 0 unspecified atom stereocenters. The number of non-ortho nitro benzene ring substituents is 1. The molecule has 0 aliphatic carbocycles. The molecule has 0 bridgehead atoms. The monoisotopic (exact) mass is 350 g/mol. The third-order valence-corrected chi connectivity index (χ3v) is 3.60. The number of aryl methyl sites for hydroxylation is 1. The summed E-state index contributed by atoms with van der Waals surface area (Å²) in [5.41, 5.74) is 2.00. The van der Waals surface area contributed by atoms with Crippen LogP contribution in [-0.4, -0.2) is 16.0 Å². The number of nitro groups is 1. The fourth-order valence-corrected chi connectivity index (χ4v) is 2.20. The van der Waals surface area contributed by atoms with Gasteiger partial charge in [-0.25, -0.2) is 4.79 Å². The number of halogens is 1. The maximum absolute atomic E-state index is 11.1. The van der Waals surface area contributed by atoms with E-state index in [-0.39, 0.29) is 11.3 Å². The van der Waals surface area contributed by atoms with E-state index in [9.17, 15) is 14.9 Å². The zero-order valence-electron chi connectivity index (χ0n) is 11.0. The standard InChI is InChI=1S/C14H11BrN2O4/c1-8-2-4-10(17(20)21)7-13(8)16-9-3-5-12(15)11(6-9)14(18)19/h2-7,16H,1H3,(H,18,19). The minimum Gasteiger partial charge on any atom is -0.478 e. The van der Waals surface area contributed by atoms with Crippen LogP contribution in [0, 0.1) is 17.0 Å². The number of benzene rings is 2. The predicted molar refractivity (Wildman–Crippen MR) is 82.2 cm³/mol. The number of rotatable bonds is 4. The molecule has 0 amide bonds. The van der Waals surface area contributed by atoms with E-state index >= 15 is 0 Å². The summed E-state index contributed by atoms with van der Waals surface area (Å²) in [7, 11) is 0. The van der Waals surface area contributed by atoms with Gasteiger partial charge in [-0.3, -0.25) is 10.1 Å². The van der Waals surface area contributed by atoms with Crippen LogP contribution < -0.4 is 5.32 Å². The number of carboxylic acid groups (broad SMARTS) is 1. The van der Waals surface area contributed by atoms with Crippen LogP contribution in [0.2, 0.25) is 0 Å². The summed E-state index contributed by atoms with van der Waals surface area (Å²) in [5.74, 6) is -1.05. The first-order valence-corrected chi connectivity index (χ1v) is 6.72. The number of anilines is 2. The van der Waals surface area contributed by atoms with Crippen LogP contribution in [0.4, 0.5) is 17.1 Å². The zero-order valence-corrected chi connectivity index (χ0v) is 12.5. The summed E-state index contributed by atoms with van der Waals surface area (Å²) in [4.78, 5) is 21.4. The summed E-state index contributed by atoms with van der Waals surface area (Å²) in [5, 5.41) is 22.9. The highest BCUT2D eigenvalue weighted by molar-refractivity contribution is 9.10. The molecular formula is C14H11BrN2O4. The molecule has 0 aliphatic rings. The maximum atomic E-state index is 11.1. The number of aromatic carboxylic acids is 1. The van der Waals surface area contributed by atoms with E-state index in [0.717, 1.165) is 5.56 Å². The highest BCUT2D eigenvalue weighted by Crippen LogP contribution is 2.27. The quantitative estimate of drug-likeness (QED) is 0.639. The summed E-state index contributed by atoms with van der Waals surface area (Å²) in [6.07, 6.45) is 0. The van der Waals surface area contributed by atoms with Gasteiger partial charge in [-0.15, -0.1) is 0 Å². The minimum absolute atomic E-state index is 0.0290. The van der Waals surface area contributed by atoms with Gasteiger partial charge in [0.1, 0.15) is 0 Å². The van der Waals surface area contributed by atoms with Crippen molar-refractivity contribution in [3.8, 4) is 0 Å². The Hall–Kier alpha value is -2.41. The Balaban J connectivity index is 2.38. The number of carbonyl (C=O) groups is 1. The van der Waals surface area contributed by atoms with Crippen molar-refractivity contribution >= 4 is 39.0 Å². The number of hydrogen-bond donors (Lipinski definition) is 2. The molecule has 0 atom stereocenters. The lowest BCUT2D eigenvalue weighted by Crippen LogP contribution is -2.00. The topological polar surface area (TPSA) is 92.5 Å². The molecule has 2 N–H and O–H groups in total. The van der Waals surface area contributed by atoms with Crippen molar-refractivity contribution in [3.63, 3.8) is 0 Å². The van der Waals surface area contributed by atoms with Gasteiger partial charge in [-0.05, 0) is 46.6 Å². The largest absolute Gasteiger partial charge is 0.478 e. The van der Waals surface area contributed by atoms with E-state index in [1.165, 1.54) is 18.2 Å². The first kappa shape index (κ1) is 15.0. The van der Waals surface area contributed by atoms with Crippen molar-refractivity contribution in [2.24, 2.45) is 0 Å². The number of nitrogens with zero attached hydrogens (tertiary/aromatic N) is 1. The highest BCUT2D eigenvalue weighted by Gasteiger charge is 2.12. The van der Waals surface area contributed by atoms with Gasteiger partial charge in [0, 0.05) is 28.0 Å². The highest BCUT2D eigenvalue weighted by atomic mass is 79.9. The minimum atomic E-state index is -1.05. The van der Waals surface area contributed by atoms with Crippen LogP contribution in [0.3, 0.4) is 0 Å². The average Bonchev–Trinajstić information content (AvgIpc) is 2.42. The van der Waals surface area contributed by atoms with E-state index in [2.05, 4.69) is 21.2 Å². The molecule has 108 valence electrons. The van der Waals surface area contributed by atoms with Crippen LogP contribution in [0.5, 0.6) is 0 Å². The van der Waals surface area contributed by atoms with Crippen molar-refractivity contribution in [1.29, 1.82) is 0 Å². The number of carboxylic acids is 1. The molecule has 0 spiro atoms. The summed E-state index contributed by atoms with van der Waals surface area (Å²) in [6, 6.07) is 9.23. The lowest BCUT2D eigenvalue weighted by Gasteiger charge is -2.10. The van der Waals surface area contributed by atoms with Crippen molar-refractivity contribution in [2.45, 2.75) is 6.92 Å². The van der Waals surface area contributed by atoms with Crippen LogP contribution >= 0.6 is 15.9 Å². The number of nitrogens with one attached hydrogen (secondary N) is 1. The smallest absolute Gasteiger partial charge is 0.336 e. The van der Waals surface area contributed by atoms with Crippen LogP contribution in [0.25, 0.3) is 0 Å². The lowest BCUT2D eigenvalue weighted by atomic mass is 10.1.